The monoisotopic (exact) mass is 335 g/mol. The van der Waals surface area contributed by atoms with Gasteiger partial charge in [-0.05, 0) is 34.8 Å². The Kier molecular flexibility index (Phi) is 4.73. The molecule has 0 fully saturated rings. The van der Waals surface area contributed by atoms with Crippen LogP contribution in [0.25, 0.3) is 0 Å². The van der Waals surface area contributed by atoms with Crippen molar-refractivity contribution < 1.29 is 4.79 Å². The van der Waals surface area contributed by atoms with Crippen molar-refractivity contribution in [2.24, 2.45) is 12.8 Å². The molecule has 5 heteroatoms. The molecule has 0 saturated heterocycles. The Balaban J connectivity index is 2.04. The van der Waals surface area contributed by atoms with Crippen molar-refractivity contribution in [3.05, 3.63) is 51.8 Å². The van der Waals surface area contributed by atoms with Gasteiger partial charge in [0.05, 0.1) is 28.3 Å². The number of benzene rings is 1. The molecule has 4 nitrogen and oxygen atoms in total. The van der Waals surface area contributed by atoms with E-state index in [4.69, 9.17) is 5.73 Å². The van der Waals surface area contributed by atoms with Gasteiger partial charge < -0.3 is 5.73 Å². The summed E-state index contributed by atoms with van der Waals surface area (Å²) < 4.78 is 2.62. The molecule has 1 aromatic carbocycles. The lowest BCUT2D eigenvalue weighted by Crippen LogP contribution is -2.34. The summed E-state index contributed by atoms with van der Waals surface area (Å²) in [6.07, 6.45) is 0.861. The molecule has 2 rings (SSSR count). The first-order chi connectivity index (χ1) is 9.49. The van der Waals surface area contributed by atoms with Gasteiger partial charge in [-0.3, -0.25) is 9.48 Å². The summed E-state index contributed by atoms with van der Waals surface area (Å²) in [6, 6.07) is 9.33. The standard InChI is InChI=1S/C15H18BrN3O/c1-10-15(16)13(19(2)18-10)9-14(20)12(17)8-11-6-4-3-5-7-11/h3-7,12H,8-9,17H2,1-2H3. The summed E-state index contributed by atoms with van der Waals surface area (Å²) in [5, 5.41) is 4.28. The molecule has 106 valence electrons. The molecule has 0 bridgehead atoms. The molecule has 2 aromatic rings. The molecule has 0 radical (unpaired) electrons. The number of rotatable bonds is 5. The lowest BCUT2D eigenvalue weighted by molar-refractivity contribution is -0.119. The fourth-order valence-corrected chi connectivity index (χ4v) is 2.63. The average molecular weight is 336 g/mol. The maximum Gasteiger partial charge on any atom is 0.155 e. The maximum absolute atomic E-state index is 12.2. The maximum atomic E-state index is 12.2. The zero-order chi connectivity index (χ0) is 14.7. The van der Waals surface area contributed by atoms with Gasteiger partial charge in [-0.2, -0.15) is 5.10 Å². The molecular formula is C15H18BrN3O. The highest BCUT2D eigenvalue weighted by molar-refractivity contribution is 9.10. The topological polar surface area (TPSA) is 60.9 Å². The number of ketones is 1. The third-order valence-corrected chi connectivity index (χ3v) is 4.35. The van der Waals surface area contributed by atoms with Crippen molar-refractivity contribution in [3.8, 4) is 0 Å². The van der Waals surface area contributed by atoms with E-state index in [1.54, 1.807) is 4.68 Å². The molecule has 0 saturated carbocycles. The highest BCUT2D eigenvalue weighted by Crippen LogP contribution is 2.21. The number of carbonyl (C=O) groups is 1. The Labute approximate surface area is 127 Å². The Morgan fingerprint density at radius 3 is 2.60 bits per heavy atom. The van der Waals surface area contributed by atoms with Crippen molar-refractivity contribution >= 4 is 21.7 Å². The first-order valence-corrected chi connectivity index (χ1v) is 7.28. The smallest absolute Gasteiger partial charge is 0.155 e. The third-order valence-electron chi connectivity index (χ3n) is 3.32. The minimum Gasteiger partial charge on any atom is -0.321 e. The van der Waals surface area contributed by atoms with Crippen LogP contribution >= 0.6 is 15.9 Å². The van der Waals surface area contributed by atoms with E-state index in [-0.39, 0.29) is 5.78 Å². The highest BCUT2D eigenvalue weighted by Gasteiger charge is 2.19. The third kappa shape index (κ3) is 3.35. The van der Waals surface area contributed by atoms with Crippen LogP contribution in [-0.2, 0) is 24.7 Å². The summed E-state index contributed by atoms with van der Waals surface area (Å²) in [5.74, 6) is 0.0255. The number of hydrogen-bond donors (Lipinski definition) is 1. The summed E-state index contributed by atoms with van der Waals surface area (Å²) in [6.45, 7) is 1.90. The van der Waals surface area contributed by atoms with E-state index in [1.165, 1.54) is 0 Å². The van der Waals surface area contributed by atoms with Gasteiger partial charge in [0.15, 0.2) is 5.78 Å². The van der Waals surface area contributed by atoms with E-state index in [1.807, 2.05) is 44.3 Å². The van der Waals surface area contributed by atoms with Crippen molar-refractivity contribution in [2.45, 2.75) is 25.8 Å². The van der Waals surface area contributed by atoms with Crippen LogP contribution in [0.5, 0.6) is 0 Å². The highest BCUT2D eigenvalue weighted by atomic mass is 79.9. The van der Waals surface area contributed by atoms with Crippen LogP contribution < -0.4 is 5.73 Å². The van der Waals surface area contributed by atoms with Crippen LogP contribution in [0.2, 0.25) is 0 Å². The van der Waals surface area contributed by atoms with Crippen LogP contribution in [0.15, 0.2) is 34.8 Å². The molecule has 0 aliphatic carbocycles. The van der Waals surface area contributed by atoms with Gasteiger partial charge >= 0.3 is 0 Å². The molecular weight excluding hydrogens is 318 g/mol. The van der Waals surface area contributed by atoms with E-state index in [2.05, 4.69) is 21.0 Å². The minimum atomic E-state index is -0.487. The quantitative estimate of drug-likeness (QED) is 0.910. The predicted molar refractivity (Wildman–Crippen MR) is 82.5 cm³/mol. The number of hydrogen-bond acceptors (Lipinski definition) is 3. The molecule has 2 N–H and O–H groups in total. The fourth-order valence-electron chi connectivity index (χ4n) is 2.15. The van der Waals surface area contributed by atoms with Crippen LogP contribution in [0, 0.1) is 6.92 Å². The lowest BCUT2D eigenvalue weighted by atomic mass is 10.0. The normalized spacial score (nSPS) is 12.4. The molecule has 0 spiro atoms. The van der Waals surface area contributed by atoms with Crippen LogP contribution in [0.1, 0.15) is 17.0 Å². The Hall–Kier alpha value is -1.46. The second kappa shape index (κ2) is 6.33. The van der Waals surface area contributed by atoms with Gasteiger partial charge in [0.25, 0.3) is 0 Å². The van der Waals surface area contributed by atoms with Gasteiger partial charge in [0, 0.05) is 7.05 Å². The number of carbonyl (C=O) groups excluding carboxylic acids is 1. The molecule has 1 unspecified atom stereocenters. The van der Waals surface area contributed by atoms with Crippen molar-refractivity contribution in [1.29, 1.82) is 0 Å². The Bertz CT molecular complexity index is 607. The molecule has 20 heavy (non-hydrogen) atoms. The molecule has 1 heterocycles. The second-order valence-corrected chi connectivity index (χ2v) is 5.70. The molecule has 0 aliphatic rings. The zero-order valence-corrected chi connectivity index (χ0v) is 13.2. The Morgan fingerprint density at radius 2 is 2.05 bits per heavy atom. The first kappa shape index (κ1) is 14.9. The lowest BCUT2D eigenvalue weighted by Gasteiger charge is -2.11. The van der Waals surface area contributed by atoms with Crippen molar-refractivity contribution in [2.75, 3.05) is 0 Å². The molecule has 0 aliphatic heterocycles. The largest absolute Gasteiger partial charge is 0.321 e. The van der Waals surface area contributed by atoms with Gasteiger partial charge in [-0.25, -0.2) is 0 Å². The van der Waals surface area contributed by atoms with Crippen LogP contribution in [0.4, 0.5) is 0 Å². The minimum absolute atomic E-state index is 0.0255. The second-order valence-electron chi connectivity index (χ2n) is 4.91. The average Bonchev–Trinajstić information content (AvgIpc) is 2.66. The number of aromatic nitrogens is 2. The first-order valence-electron chi connectivity index (χ1n) is 6.49. The summed E-state index contributed by atoms with van der Waals surface area (Å²) >= 11 is 3.47. The zero-order valence-electron chi connectivity index (χ0n) is 11.6. The summed E-state index contributed by atoms with van der Waals surface area (Å²) in [5.41, 5.74) is 8.84. The Morgan fingerprint density at radius 1 is 1.40 bits per heavy atom. The van der Waals surface area contributed by atoms with Crippen molar-refractivity contribution in [1.82, 2.24) is 9.78 Å². The number of nitrogens with two attached hydrogens (primary N) is 1. The summed E-state index contributed by atoms with van der Waals surface area (Å²) in [7, 11) is 1.84. The predicted octanol–water partition coefficient (Wildman–Crippen LogP) is 2.17. The van der Waals surface area contributed by atoms with E-state index in [0.717, 1.165) is 21.4 Å². The fraction of sp³-hybridized carbons (Fsp3) is 0.333. The van der Waals surface area contributed by atoms with Crippen LogP contribution in [0.3, 0.4) is 0 Å². The van der Waals surface area contributed by atoms with Crippen molar-refractivity contribution in [3.63, 3.8) is 0 Å². The van der Waals surface area contributed by atoms with E-state index >= 15 is 0 Å². The van der Waals surface area contributed by atoms with E-state index in [9.17, 15) is 4.79 Å². The van der Waals surface area contributed by atoms with E-state index < -0.39 is 6.04 Å². The number of aryl methyl sites for hydroxylation is 2. The van der Waals surface area contributed by atoms with Gasteiger partial charge in [-0.15, -0.1) is 0 Å². The van der Waals surface area contributed by atoms with E-state index in [0.29, 0.717) is 12.8 Å². The van der Waals surface area contributed by atoms with Crippen LogP contribution in [-0.4, -0.2) is 21.6 Å². The molecule has 0 amide bonds. The van der Waals surface area contributed by atoms with Gasteiger partial charge in [-0.1, -0.05) is 30.3 Å². The van der Waals surface area contributed by atoms with Gasteiger partial charge in [0.1, 0.15) is 0 Å². The number of halogens is 1. The summed E-state index contributed by atoms with van der Waals surface area (Å²) in [4.78, 5) is 12.2. The SMILES string of the molecule is Cc1nn(C)c(CC(=O)C(N)Cc2ccccc2)c1Br. The number of Topliss-reactive ketones (excluding diaryl/α,β-unsaturated/α-hetero) is 1. The molecule has 1 atom stereocenters. The molecule has 1 aromatic heterocycles. The van der Waals surface area contributed by atoms with Gasteiger partial charge in [0.2, 0.25) is 0 Å². The number of nitrogens with zero attached hydrogens (tertiary/aromatic N) is 2.